The van der Waals surface area contributed by atoms with Gasteiger partial charge in [-0.15, -0.1) is 11.3 Å². The summed E-state index contributed by atoms with van der Waals surface area (Å²) in [5.41, 5.74) is 8.31. The number of primary amides is 1. The number of ether oxygens (including phenoxy) is 2. The predicted molar refractivity (Wildman–Crippen MR) is 158 cm³/mol. The largest absolute Gasteiger partial charge is 0.490 e. The van der Waals surface area contributed by atoms with Crippen molar-refractivity contribution in [3.8, 4) is 27.8 Å². The van der Waals surface area contributed by atoms with Crippen LogP contribution in [0.4, 0.5) is 0 Å². The smallest absolute Gasteiger partial charge is 0.250 e. The lowest BCUT2D eigenvalue weighted by Crippen LogP contribution is -2.46. The number of nitrogens with one attached hydrogen (secondary N) is 2. The van der Waals surface area contributed by atoms with Gasteiger partial charge in [0, 0.05) is 46.4 Å². The Morgan fingerprint density at radius 3 is 2.67 bits per heavy atom. The Morgan fingerprint density at radius 1 is 1.10 bits per heavy atom. The van der Waals surface area contributed by atoms with Crippen molar-refractivity contribution in [2.75, 3.05) is 13.2 Å². The number of hydrogen-bond acceptors (Lipinski definition) is 7. The van der Waals surface area contributed by atoms with E-state index in [1.165, 1.54) is 6.20 Å². The molecular formula is C31H32N4O4S. The fourth-order valence-corrected chi connectivity index (χ4v) is 5.28. The number of para-hydroxylation sites is 2. The third-order valence-electron chi connectivity index (χ3n) is 6.55. The van der Waals surface area contributed by atoms with Crippen molar-refractivity contribution < 1.29 is 19.4 Å². The van der Waals surface area contributed by atoms with E-state index >= 15 is 0 Å². The van der Waals surface area contributed by atoms with Crippen LogP contribution in [0.25, 0.3) is 21.3 Å². The molecule has 0 radical (unpaired) electrons. The quantitative estimate of drug-likeness (QED) is 0.160. The predicted octanol–water partition coefficient (Wildman–Crippen LogP) is 5.53. The van der Waals surface area contributed by atoms with Crippen LogP contribution in [0.1, 0.15) is 29.8 Å². The lowest BCUT2D eigenvalue weighted by atomic mass is 9.94. The maximum atomic E-state index is 11.3. The van der Waals surface area contributed by atoms with Crippen molar-refractivity contribution in [3.05, 3.63) is 95.6 Å². The number of carbonyl (C=O) groups is 1. The molecule has 40 heavy (non-hydrogen) atoms. The molecule has 3 aromatic heterocycles. The number of pyridine rings is 1. The Morgan fingerprint density at radius 2 is 1.93 bits per heavy atom. The SMILES string of the molecule is CC(C)(Cc1c[nH]c2c(Oc3ccc(C(N)=O)cn3)cccc12)NC[C@H](O)COc1ccccc1-c1cccs1. The molecule has 5 N–H and O–H groups in total. The Balaban J connectivity index is 1.19. The van der Waals surface area contributed by atoms with Crippen molar-refractivity contribution in [1.82, 2.24) is 15.3 Å². The first kappa shape index (κ1) is 27.4. The van der Waals surface area contributed by atoms with Crippen LogP contribution in [0.5, 0.6) is 17.4 Å². The molecule has 0 saturated carbocycles. The van der Waals surface area contributed by atoms with Crippen LogP contribution < -0.4 is 20.5 Å². The van der Waals surface area contributed by atoms with Crippen LogP contribution >= 0.6 is 11.3 Å². The van der Waals surface area contributed by atoms with Gasteiger partial charge in [0.2, 0.25) is 11.8 Å². The van der Waals surface area contributed by atoms with Crippen molar-refractivity contribution >= 4 is 28.1 Å². The highest BCUT2D eigenvalue weighted by Crippen LogP contribution is 2.33. The van der Waals surface area contributed by atoms with Crippen LogP contribution in [0.3, 0.4) is 0 Å². The Bertz CT molecular complexity index is 1580. The van der Waals surface area contributed by atoms with Gasteiger partial charge in [0.25, 0.3) is 0 Å². The first-order valence-corrected chi connectivity index (χ1v) is 13.9. The fraction of sp³-hybridized carbons (Fsp3) is 0.226. The summed E-state index contributed by atoms with van der Waals surface area (Å²) < 4.78 is 12.0. The Labute approximate surface area is 236 Å². The van der Waals surface area contributed by atoms with E-state index in [1.807, 2.05) is 60.1 Å². The number of fused-ring (bicyclic) bond motifs is 1. The summed E-state index contributed by atoms with van der Waals surface area (Å²) in [5.74, 6) is 1.22. The van der Waals surface area contributed by atoms with Gasteiger partial charge in [0.05, 0.1) is 11.1 Å². The number of aromatic nitrogens is 2. The summed E-state index contributed by atoms with van der Waals surface area (Å²) in [6, 6.07) is 21.0. The van der Waals surface area contributed by atoms with Gasteiger partial charge in [-0.3, -0.25) is 4.79 Å². The topological polar surface area (TPSA) is 122 Å². The molecule has 0 aliphatic rings. The highest BCUT2D eigenvalue weighted by Gasteiger charge is 2.22. The number of H-pyrrole nitrogens is 1. The zero-order valence-electron chi connectivity index (χ0n) is 22.4. The molecule has 0 aliphatic carbocycles. The third kappa shape index (κ3) is 6.51. The van der Waals surface area contributed by atoms with Gasteiger partial charge in [-0.05, 0) is 61.5 Å². The number of aromatic amines is 1. The number of nitrogens with zero attached hydrogens (tertiary/aromatic N) is 1. The molecule has 1 atom stereocenters. The molecule has 0 unspecified atom stereocenters. The Hall–Kier alpha value is -4.18. The number of carbonyl (C=O) groups excluding carboxylic acids is 1. The molecule has 0 aliphatic heterocycles. The maximum absolute atomic E-state index is 11.3. The fourth-order valence-electron chi connectivity index (χ4n) is 4.52. The molecule has 0 bridgehead atoms. The molecular weight excluding hydrogens is 524 g/mol. The van der Waals surface area contributed by atoms with Gasteiger partial charge >= 0.3 is 0 Å². The maximum Gasteiger partial charge on any atom is 0.250 e. The van der Waals surface area contributed by atoms with E-state index in [-0.39, 0.29) is 12.1 Å². The van der Waals surface area contributed by atoms with Crippen LogP contribution in [0.15, 0.2) is 84.5 Å². The molecule has 0 fully saturated rings. The molecule has 0 spiro atoms. The summed E-state index contributed by atoms with van der Waals surface area (Å²) in [5, 5.41) is 17.2. The highest BCUT2D eigenvalue weighted by molar-refractivity contribution is 7.13. The van der Waals surface area contributed by atoms with Crippen LogP contribution in [0, 0.1) is 0 Å². The second kappa shape index (κ2) is 11.9. The minimum atomic E-state index is -0.674. The van der Waals surface area contributed by atoms with E-state index in [0.29, 0.717) is 23.7 Å². The van der Waals surface area contributed by atoms with Gasteiger partial charge in [-0.2, -0.15) is 0 Å². The molecule has 206 valence electrons. The summed E-state index contributed by atoms with van der Waals surface area (Å²) >= 11 is 1.66. The average Bonchev–Trinajstić information content (AvgIpc) is 3.62. The number of thiophene rings is 1. The zero-order valence-corrected chi connectivity index (χ0v) is 23.2. The highest BCUT2D eigenvalue weighted by atomic mass is 32.1. The number of aliphatic hydroxyl groups excluding tert-OH is 1. The number of rotatable bonds is 12. The third-order valence-corrected chi connectivity index (χ3v) is 7.46. The molecule has 0 saturated heterocycles. The summed E-state index contributed by atoms with van der Waals surface area (Å²) in [7, 11) is 0. The van der Waals surface area contributed by atoms with Crippen molar-refractivity contribution in [2.45, 2.75) is 31.9 Å². The van der Waals surface area contributed by atoms with E-state index in [1.54, 1.807) is 23.5 Å². The molecule has 9 heteroatoms. The summed E-state index contributed by atoms with van der Waals surface area (Å²) in [6.07, 6.45) is 3.42. The first-order chi connectivity index (χ1) is 19.3. The van der Waals surface area contributed by atoms with Crippen LogP contribution in [0.2, 0.25) is 0 Å². The second-order valence-electron chi connectivity index (χ2n) is 10.2. The van der Waals surface area contributed by atoms with Crippen molar-refractivity contribution in [1.29, 1.82) is 0 Å². The van der Waals surface area contributed by atoms with E-state index in [4.69, 9.17) is 15.2 Å². The molecule has 3 heterocycles. The van der Waals surface area contributed by atoms with E-state index < -0.39 is 12.0 Å². The van der Waals surface area contributed by atoms with Gasteiger partial charge < -0.3 is 30.6 Å². The lowest BCUT2D eigenvalue weighted by Gasteiger charge is -2.28. The van der Waals surface area contributed by atoms with Crippen LogP contribution in [-0.4, -0.2) is 45.8 Å². The van der Waals surface area contributed by atoms with Crippen molar-refractivity contribution in [2.24, 2.45) is 5.73 Å². The van der Waals surface area contributed by atoms with Gasteiger partial charge in [-0.1, -0.05) is 30.3 Å². The van der Waals surface area contributed by atoms with Gasteiger partial charge in [0.1, 0.15) is 18.5 Å². The van der Waals surface area contributed by atoms with Crippen molar-refractivity contribution in [3.63, 3.8) is 0 Å². The van der Waals surface area contributed by atoms with Gasteiger partial charge in [0.15, 0.2) is 5.75 Å². The summed E-state index contributed by atoms with van der Waals surface area (Å²) in [4.78, 5) is 19.9. The molecule has 1 amide bonds. The zero-order chi connectivity index (χ0) is 28.1. The Kier molecular flexibility index (Phi) is 8.16. The van der Waals surface area contributed by atoms with Crippen LogP contribution in [-0.2, 0) is 6.42 Å². The molecule has 5 rings (SSSR count). The number of benzene rings is 2. The number of nitrogens with two attached hydrogens (primary N) is 1. The molecule has 5 aromatic rings. The lowest BCUT2D eigenvalue weighted by molar-refractivity contribution is 0.0991. The molecule has 2 aromatic carbocycles. The molecule has 8 nitrogen and oxygen atoms in total. The monoisotopic (exact) mass is 556 g/mol. The number of amides is 1. The normalized spacial score (nSPS) is 12.4. The van der Waals surface area contributed by atoms with E-state index in [9.17, 15) is 9.90 Å². The average molecular weight is 557 g/mol. The minimum Gasteiger partial charge on any atom is -0.490 e. The number of β-amino-alcohol motifs (C(OH)–C–C–N with tert-alkyl or cyclic N) is 1. The summed E-state index contributed by atoms with van der Waals surface area (Å²) in [6.45, 7) is 4.79. The standard InChI is InChI=1S/C31H32N4O4S/c1-31(2,35-18-22(36)19-38-25-9-4-3-7-24(25)27-11-6-14-40-27)15-21-17-34-29-23(21)8-5-10-26(29)39-28-13-12-20(16-33-28)30(32)37/h3-14,16-17,22,34-36H,15,18-19H2,1-2H3,(H2,32,37)/t22-/m0/s1. The minimum absolute atomic E-state index is 0.188. The van der Waals surface area contributed by atoms with E-state index in [2.05, 4.69) is 35.2 Å². The second-order valence-corrected chi connectivity index (χ2v) is 11.2. The first-order valence-electron chi connectivity index (χ1n) is 13.0. The van der Waals surface area contributed by atoms with Gasteiger partial charge in [-0.25, -0.2) is 4.98 Å². The number of aliphatic hydroxyl groups is 1. The number of hydrogen-bond donors (Lipinski definition) is 4. The van der Waals surface area contributed by atoms with E-state index in [0.717, 1.165) is 39.1 Å².